The number of fused-ring (bicyclic) bond motifs is 2. The van der Waals surface area contributed by atoms with Crippen LogP contribution in [0.3, 0.4) is 0 Å². The number of nitrogens with two attached hydrogens (primary N) is 2. The molecule has 0 aliphatic rings. The molecule has 6 rings (SSSR count). The van der Waals surface area contributed by atoms with Gasteiger partial charge >= 0.3 is 0 Å². The summed E-state index contributed by atoms with van der Waals surface area (Å²) in [5.41, 5.74) is 12.8. The highest BCUT2D eigenvalue weighted by molar-refractivity contribution is 7.90. The van der Waals surface area contributed by atoms with Crippen molar-refractivity contribution in [3.8, 4) is 22.6 Å². The molecule has 0 atom stereocenters. The number of aromatic hydroxyl groups is 2. The molecule has 0 fully saturated rings. The van der Waals surface area contributed by atoms with E-state index in [0.29, 0.717) is 22.2 Å². The first kappa shape index (κ1) is 35.8. The number of phenolic OH excluding ortho intramolecular Hbond substituents is 2. The fraction of sp³-hybridized carbons (Fsp3) is 0.0303. The quantitative estimate of drug-likeness (QED) is 0.0521. The summed E-state index contributed by atoms with van der Waals surface area (Å²) >= 11 is 0. The predicted octanol–water partition coefficient (Wildman–Crippen LogP) is 6.96. The molecule has 6 aromatic carbocycles. The number of sulfone groups is 1. The zero-order valence-electron chi connectivity index (χ0n) is 26.6. The Hall–Kier alpha value is -5.99. The van der Waals surface area contributed by atoms with Gasteiger partial charge in [0, 0.05) is 28.4 Å². The zero-order chi connectivity index (χ0) is 37.7. The van der Waals surface area contributed by atoms with Crippen LogP contribution in [0.4, 0.5) is 34.1 Å². The Morgan fingerprint density at radius 1 is 0.558 bits per heavy atom. The maximum Gasteiger partial charge on any atom is 0.296 e. The molecule has 0 saturated heterocycles. The largest absolute Gasteiger partial charge is 0.505 e. The lowest BCUT2D eigenvalue weighted by atomic mass is 10.1. The normalized spacial score (nSPS) is 12.8. The van der Waals surface area contributed by atoms with E-state index in [4.69, 9.17) is 11.5 Å². The highest BCUT2D eigenvalue weighted by atomic mass is 32.2. The van der Waals surface area contributed by atoms with Gasteiger partial charge in [0.1, 0.15) is 21.2 Å². The van der Waals surface area contributed by atoms with Crippen LogP contribution in [0.25, 0.3) is 32.7 Å². The Bertz CT molecular complexity index is 2840. The molecule has 0 aliphatic carbocycles. The molecule has 0 radical (unpaired) electrons. The van der Waals surface area contributed by atoms with E-state index in [-0.39, 0.29) is 38.1 Å². The van der Waals surface area contributed by atoms with Crippen molar-refractivity contribution < 1.29 is 44.6 Å². The van der Waals surface area contributed by atoms with Gasteiger partial charge in [0.2, 0.25) is 0 Å². The summed E-state index contributed by atoms with van der Waals surface area (Å²) in [6, 6.07) is 21.6. The smallest absolute Gasteiger partial charge is 0.296 e. The Morgan fingerprint density at radius 3 is 1.52 bits per heavy atom. The minimum Gasteiger partial charge on any atom is -0.505 e. The van der Waals surface area contributed by atoms with Crippen molar-refractivity contribution >= 4 is 85.7 Å². The first-order chi connectivity index (χ1) is 24.3. The van der Waals surface area contributed by atoms with Crippen molar-refractivity contribution in [3.63, 3.8) is 0 Å². The monoisotopic (exact) mass is 762 g/mol. The van der Waals surface area contributed by atoms with Crippen LogP contribution in [0.1, 0.15) is 0 Å². The molecule has 0 unspecified atom stereocenters. The molecular formula is C33H26N6O10S3. The molecule has 0 aliphatic heterocycles. The lowest BCUT2D eigenvalue weighted by Gasteiger charge is -2.12. The van der Waals surface area contributed by atoms with E-state index >= 15 is 0 Å². The van der Waals surface area contributed by atoms with E-state index in [9.17, 15) is 44.6 Å². The van der Waals surface area contributed by atoms with Gasteiger partial charge in [-0.3, -0.25) is 9.11 Å². The maximum absolute atomic E-state index is 12.2. The average molecular weight is 763 g/mol. The van der Waals surface area contributed by atoms with Crippen molar-refractivity contribution in [2.75, 3.05) is 17.7 Å². The molecule has 16 nitrogen and oxygen atoms in total. The van der Waals surface area contributed by atoms with Crippen molar-refractivity contribution in [2.24, 2.45) is 20.5 Å². The number of azo groups is 2. The molecule has 0 heterocycles. The Kier molecular flexibility index (Phi) is 8.93. The van der Waals surface area contributed by atoms with Gasteiger partial charge in [-0.05, 0) is 82.6 Å². The van der Waals surface area contributed by atoms with Crippen LogP contribution < -0.4 is 11.5 Å². The molecule has 266 valence electrons. The van der Waals surface area contributed by atoms with Crippen LogP contribution in [-0.4, -0.2) is 50.8 Å². The summed E-state index contributed by atoms with van der Waals surface area (Å²) < 4.78 is 92.3. The van der Waals surface area contributed by atoms with Gasteiger partial charge in [-0.25, -0.2) is 8.42 Å². The van der Waals surface area contributed by atoms with Crippen molar-refractivity contribution in [3.05, 3.63) is 91.0 Å². The molecule has 0 spiro atoms. The van der Waals surface area contributed by atoms with E-state index < -0.39 is 62.7 Å². The second-order valence-corrected chi connectivity index (χ2v) is 16.2. The van der Waals surface area contributed by atoms with E-state index in [1.807, 2.05) is 0 Å². The van der Waals surface area contributed by atoms with Crippen LogP contribution in [0.15, 0.2) is 126 Å². The number of benzene rings is 6. The minimum atomic E-state index is -4.97. The summed E-state index contributed by atoms with van der Waals surface area (Å²) in [7, 11) is -13.5. The van der Waals surface area contributed by atoms with Gasteiger partial charge in [0.25, 0.3) is 20.2 Å². The fourth-order valence-corrected chi connectivity index (χ4v) is 7.30. The summed E-state index contributed by atoms with van der Waals surface area (Å²) in [6.45, 7) is 0. The number of anilines is 2. The third-order valence-corrected chi connectivity index (χ3v) is 10.6. The van der Waals surface area contributed by atoms with Crippen molar-refractivity contribution in [2.45, 2.75) is 14.7 Å². The average Bonchev–Trinajstić information content (AvgIpc) is 3.06. The summed E-state index contributed by atoms with van der Waals surface area (Å²) in [5.74, 6) is -1.28. The minimum absolute atomic E-state index is 0.0679. The topological polar surface area (TPSA) is 285 Å². The van der Waals surface area contributed by atoms with Gasteiger partial charge in [-0.15, -0.1) is 10.2 Å². The molecule has 52 heavy (non-hydrogen) atoms. The second-order valence-electron chi connectivity index (χ2n) is 11.5. The number of rotatable bonds is 8. The lowest BCUT2D eigenvalue weighted by molar-refractivity contribution is 0.472. The number of hydrogen-bond acceptors (Lipinski definition) is 14. The molecule has 0 saturated carbocycles. The number of nitrogen functional groups attached to an aromatic ring is 2. The third kappa shape index (κ3) is 7.11. The van der Waals surface area contributed by atoms with Crippen LogP contribution in [0.5, 0.6) is 11.5 Å². The lowest BCUT2D eigenvalue weighted by Crippen LogP contribution is -2.02. The molecule has 0 aromatic heterocycles. The molecular weight excluding hydrogens is 737 g/mol. The molecule has 0 bridgehead atoms. The van der Waals surface area contributed by atoms with Gasteiger partial charge in [0.15, 0.2) is 21.3 Å². The number of phenols is 2. The van der Waals surface area contributed by atoms with Gasteiger partial charge in [0.05, 0.1) is 16.3 Å². The molecule has 19 heteroatoms. The molecule has 6 aromatic rings. The van der Waals surface area contributed by atoms with E-state index in [1.54, 1.807) is 36.4 Å². The standard InChI is InChI=1S/C33H26N6O10S3/c1-50(42,43)24-12-20-14-28(52(47,48)49)31(33(41)29(20)26(35)16-24)39-37-23-10-5-18(6-11-23)17-3-8-22(9-4-17)36-38-30-27(51(44,45)46)13-19-2-7-21(34)15-25(19)32(30)40/h2-16,40-41H,34-35H2,1H3,(H,44,45,46)(H,47,48,49)/b38-36+,39-37+. The van der Waals surface area contributed by atoms with E-state index in [2.05, 4.69) is 20.5 Å². The van der Waals surface area contributed by atoms with Gasteiger partial charge in [-0.1, -0.05) is 30.3 Å². The van der Waals surface area contributed by atoms with E-state index in [1.165, 1.54) is 30.3 Å². The highest BCUT2D eigenvalue weighted by Crippen LogP contribution is 2.45. The first-order valence-corrected chi connectivity index (χ1v) is 19.4. The number of nitrogens with zero attached hydrogens (tertiary/aromatic N) is 4. The Balaban J connectivity index is 1.27. The van der Waals surface area contributed by atoms with Crippen LogP contribution in [-0.2, 0) is 30.1 Å². The zero-order valence-corrected chi connectivity index (χ0v) is 29.0. The summed E-state index contributed by atoms with van der Waals surface area (Å²) in [4.78, 5) is -1.69. The third-order valence-electron chi connectivity index (χ3n) is 7.81. The summed E-state index contributed by atoms with van der Waals surface area (Å²) in [6.07, 6.45) is 0.928. The summed E-state index contributed by atoms with van der Waals surface area (Å²) in [5, 5.41) is 37.9. The van der Waals surface area contributed by atoms with Crippen LogP contribution in [0, 0.1) is 0 Å². The van der Waals surface area contributed by atoms with Gasteiger partial charge < -0.3 is 21.7 Å². The predicted molar refractivity (Wildman–Crippen MR) is 193 cm³/mol. The Labute approximate surface area is 295 Å². The second kappa shape index (κ2) is 13.0. The Morgan fingerprint density at radius 2 is 1.04 bits per heavy atom. The van der Waals surface area contributed by atoms with Gasteiger partial charge in [-0.2, -0.15) is 27.1 Å². The van der Waals surface area contributed by atoms with Crippen molar-refractivity contribution in [1.29, 1.82) is 0 Å². The fourth-order valence-electron chi connectivity index (χ4n) is 5.31. The van der Waals surface area contributed by atoms with Crippen molar-refractivity contribution in [1.82, 2.24) is 0 Å². The maximum atomic E-state index is 12.2. The first-order valence-electron chi connectivity index (χ1n) is 14.6. The number of hydrogen-bond donors (Lipinski definition) is 6. The van der Waals surface area contributed by atoms with Crippen LogP contribution >= 0.6 is 0 Å². The SMILES string of the molecule is CS(=O)(=O)c1cc(N)c2c(O)c(/N=N/c3ccc(-c4ccc(/N=N/c5c(S(=O)(=O)O)cc6ccc(N)cc6c5O)cc4)cc3)c(S(=O)(=O)O)cc2c1. The van der Waals surface area contributed by atoms with Crippen LogP contribution in [0.2, 0.25) is 0 Å². The molecule has 8 N–H and O–H groups in total. The van der Waals surface area contributed by atoms with E-state index in [0.717, 1.165) is 30.5 Å². The highest BCUT2D eigenvalue weighted by Gasteiger charge is 2.25. The molecule has 0 amide bonds.